The van der Waals surface area contributed by atoms with Gasteiger partial charge in [-0.25, -0.2) is 14.2 Å². The van der Waals surface area contributed by atoms with Gasteiger partial charge in [-0.1, -0.05) is 26.0 Å². The lowest BCUT2D eigenvalue weighted by atomic mass is 9.82. The van der Waals surface area contributed by atoms with Gasteiger partial charge in [-0.3, -0.25) is 0 Å². The van der Waals surface area contributed by atoms with E-state index >= 15 is 0 Å². The summed E-state index contributed by atoms with van der Waals surface area (Å²) in [6.07, 6.45) is 1.50. The average molecular weight is 565 g/mol. The van der Waals surface area contributed by atoms with E-state index < -0.39 is 17.7 Å². The van der Waals surface area contributed by atoms with Crippen LogP contribution in [0.3, 0.4) is 0 Å². The number of aromatic nitrogens is 3. The molecule has 3 aromatic heterocycles. The summed E-state index contributed by atoms with van der Waals surface area (Å²) in [6.45, 7) is 13.6. The second-order valence-corrected chi connectivity index (χ2v) is 13.6. The van der Waals surface area contributed by atoms with Crippen LogP contribution >= 0.6 is 11.3 Å². The first-order chi connectivity index (χ1) is 18.8. The Bertz CT molecular complexity index is 1520. The predicted molar refractivity (Wildman–Crippen MR) is 157 cm³/mol. The Morgan fingerprint density at radius 3 is 2.45 bits per heavy atom. The number of hydrogen-bond donors (Lipinski definition) is 1. The molecule has 0 radical (unpaired) electrons. The summed E-state index contributed by atoms with van der Waals surface area (Å²) in [5.41, 5.74) is 3.22. The lowest BCUT2D eigenvalue weighted by Gasteiger charge is -2.39. The van der Waals surface area contributed by atoms with Crippen LogP contribution in [0.15, 0.2) is 42.5 Å². The van der Waals surface area contributed by atoms with Crippen molar-refractivity contribution in [1.82, 2.24) is 14.6 Å². The number of halogens is 1. The number of carboxylic acid groups (broad SMARTS) is 1. The van der Waals surface area contributed by atoms with Crippen molar-refractivity contribution < 1.29 is 19.0 Å². The van der Waals surface area contributed by atoms with E-state index in [0.29, 0.717) is 23.3 Å². The fraction of sp³-hybridized carbons (Fsp3) is 0.452. The fourth-order valence-electron chi connectivity index (χ4n) is 5.17. The van der Waals surface area contributed by atoms with Gasteiger partial charge < -0.3 is 14.7 Å². The molecule has 4 aromatic rings. The number of hydrogen-bond acceptors (Lipinski definition) is 6. The molecule has 0 spiro atoms. The number of carbonyl (C=O) groups is 1. The number of benzene rings is 1. The van der Waals surface area contributed by atoms with Crippen LogP contribution in [0.1, 0.15) is 75.3 Å². The van der Waals surface area contributed by atoms with Crippen molar-refractivity contribution in [3.63, 3.8) is 0 Å². The highest BCUT2D eigenvalue weighted by molar-refractivity contribution is 7.15. The summed E-state index contributed by atoms with van der Waals surface area (Å²) in [5, 5.41) is 15.3. The van der Waals surface area contributed by atoms with Gasteiger partial charge in [0.2, 0.25) is 0 Å². The molecule has 0 bridgehead atoms. The fourth-order valence-corrected chi connectivity index (χ4v) is 6.17. The van der Waals surface area contributed by atoms with Crippen molar-refractivity contribution in [2.75, 3.05) is 18.0 Å². The lowest BCUT2D eigenvalue weighted by molar-refractivity contribution is -0.160. The summed E-state index contributed by atoms with van der Waals surface area (Å²) in [7, 11) is 0. The Morgan fingerprint density at radius 2 is 1.82 bits per heavy atom. The molecule has 0 unspecified atom stereocenters. The number of thiophene rings is 1. The van der Waals surface area contributed by atoms with Gasteiger partial charge in [-0.05, 0) is 75.8 Å². The molecule has 1 aliphatic heterocycles. The molecular weight excluding hydrogens is 527 g/mol. The molecule has 1 aliphatic rings. The number of nitrogens with zero attached hydrogens (tertiary/aromatic N) is 4. The first kappa shape index (κ1) is 28.2. The van der Waals surface area contributed by atoms with Gasteiger partial charge >= 0.3 is 5.97 Å². The number of anilines is 1. The summed E-state index contributed by atoms with van der Waals surface area (Å²) in [6, 6.07) is 12.6. The molecule has 212 valence electrons. The molecule has 1 aromatic carbocycles. The first-order valence-corrected chi connectivity index (χ1v) is 14.5. The van der Waals surface area contributed by atoms with Crippen molar-refractivity contribution >= 4 is 28.8 Å². The number of aryl methyl sites for hydroxylation is 1. The number of carboxylic acids is 1. The summed E-state index contributed by atoms with van der Waals surface area (Å²) in [4.78, 5) is 21.8. The van der Waals surface area contributed by atoms with Crippen LogP contribution in [0, 0.1) is 18.2 Å². The van der Waals surface area contributed by atoms with Crippen LogP contribution in [0.25, 0.3) is 16.2 Å². The number of ether oxygens (including phenoxy) is 1. The summed E-state index contributed by atoms with van der Waals surface area (Å²) < 4.78 is 21.3. The second kappa shape index (κ2) is 10.6. The van der Waals surface area contributed by atoms with Crippen molar-refractivity contribution in [3.05, 3.63) is 70.0 Å². The number of piperidine rings is 1. The maximum absolute atomic E-state index is 13.3. The van der Waals surface area contributed by atoms with Gasteiger partial charge in [0.15, 0.2) is 11.8 Å². The molecule has 0 amide bonds. The highest BCUT2D eigenvalue weighted by atomic mass is 32.1. The van der Waals surface area contributed by atoms with Crippen LogP contribution < -0.4 is 4.90 Å². The van der Waals surface area contributed by atoms with Crippen molar-refractivity contribution in [1.29, 1.82) is 0 Å². The van der Waals surface area contributed by atoms with E-state index in [1.807, 2.05) is 39.8 Å². The van der Waals surface area contributed by atoms with Crippen LogP contribution in [0.4, 0.5) is 10.2 Å². The molecule has 4 heterocycles. The Balaban J connectivity index is 1.59. The number of fused-ring (bicyclic) bond motifs is 1. The summed E-state index contributed by atoms with van der Waals surface area (Å²) in [5.74, 6) is -0.550. The van der Waals surface area contributed by atoms with Crippen LogP contribution in [-0.4, -0.2) is 44.4 Å². The third-order valence-electron chi connectivity index (χ3n) is 7.38. The zero-order chi connectivity index (χ0) is 28.8. The molecule has 5 rings (SSSR count). The molecule has 40 heavy (non-hydrogen) atoms. The molecule has 0 aliphatic carbocycles. The van der Waals surface area contributed by atoms with E-state index in [-0.39, 0.29) is 11.2 Å². The van der Waals surface area contributed by atoms with E-state index in [2.05, 4.69) is 24.8 Å². The molecule has 1 N–H and O–H groups in total. The minimum absolute atomic E-state index is 0.221. The third kappa shape index (κ3) is 6.05. The van der Waals surface area contributed by atoms with Crippen LogP contribution in [-0.2, 0) is 16.0 Å². The third-order valence-corrected chi connectivity index (χ3v) is 8.49. The number of aliphatic carboxylic acids is 1. The SMILES string of the molecule is Cc1nc2cc(-c3ccc(Cc4ccc(F)cc4)s3)nn2c(N2CCC(C)(C)CC2)c1[C@H](OC(C)(C)C)C(=O)O. The second-order valence-electron chi connectivity index (χ2n) is 12.4. The molecule has 0 saturated carbocycles. The van der Waals surface area contributed by atoms with E-state index in [1.165, 1.54) is 12.1 Å². The van der Waals surface area contributed by atoms with Gasteiger partial charge in [0.05, 0.1) is 16.0 Å². The summed E-state index contributed by atoms with van der Waals surface area (Å²) >= 11 is 1.64. The standard InChI is InChI=1S/C31H37FN4O3S/c1-19-26(27(29(37)38)39-30(2,3)4)28(35-15-13-31(5,6)14-16-35)36-25(33-19)18-23(34-36)24-12-11-22(40-24)17-20-7-9-21(32)10-8-20/h7-12,18,27H,13-17H2,1-6H3,(H,37,38)/t27-/m0/s1. The van der Waals surface area contributed by atoms with Gasteiger partial charge in [0.1, 0.15) is 17.3 Å². The van der Waals surface area contributed by atoms with E-state index in [9.17, 15) is 14.3 Å². The largest absolute Gasteiger partial charge is 0.479 e. The van der Waals surface area contributed by atoms with Gasteiger partial charge in [-0.2, -0.15) is 9.61 Å². The maximum atomic E-state index is 13.3. The van der Waals surface area contributed by atoms with Crippen molar-refractivity contribution in [2.45, 2.75) is 72.5 Å². The molecule has 1 saturated heterocycles. The first-order valence-electron chi connectivity index (χ1n) is 13.7. The minimum atomic E-state index is -1.18. The quantitative estimate of drug-likeness (QED) is 0.259. The van der Waals surface area contributed by atoms with Crippen LogP contribution in [0.2, 0.25) is 0 Å². The normalized spacial score (nSPS) is 16.4. The Hall–Kier alpha value is -3.30. The zero-order valence-corrected chi connectivity index (χ0v) is 24.8. The predicted octanol–water partition coefficient (Wildman–Crippen LogP) is 7.06. The topological polar surface area (TPSA) is 80.0 Å². The molecule has 1 atom stereocenters. The monoisotopic (exact) mass is 564 g/mol. The van der Waals surface area contributed by atoms with Gasteiger partial charge in [-0.15, -0.1) is 11.3 Å². The Kier molecular flexibility index (Phi) is 7.48. The van der Waals surface area contributed by atoms with E-state index in [1.54, 1.807) is 28.0 Å². The lowest BCUT2D eigenvalue weighted by Crippen LogP contribution is -2.40. The molecule has 1 fully saturated rings. The van der Waals surface area contributed by atoms with Crippen LogP contribution in [0.5, 0.6) is 0 Å². The maximum Gasteiger partial charge on any atom is 0.337 e. The van der Waals surface area contributed by atoms with Crippen molar-refractivity contribution in [3.8, 4) is 10.6 Å². The minimum Gasteiger partial charge on any atom is -0.479 e. The average Bonchev–Trinajstić information content (AvgIpc) is 3.50. The highest BCUT2D eigenvalue weighted by Gasteiger charge is 2.36. The van der Waals surface area contributed by atoms with Gasteiger partial charge in [0, 0.05) is 36.1 Å². The number of rotatable bonds is 7. The molecular formula is C31H37FN4O3S. The Morgan fingerprint density at radius 1 is 1.15 bits per heavy atom. The molecule has 9 heteroatoms. The Labute approximate surface area is 238 Å². The highest BCUT2D eigenvalue weighted by Crippen LogP contribution is 2.39. The van der Waals surface area contributed by atoms with Gasteiger partial charge in [0.25, 0.3) is 0 Å². The molecule has 7 nitrogen and oxygen atoms in total. The smallest absolute Gasteiger partial charge is 0.337 e. The van der Waals surface area contributed by atoms with Crippen molar-refractivity contribution in [2.24, 2.45) is 5.41 Å². The van der Waals surface area contributed by atoms with E-state index in [0.717, 1.165) is 52.8 Å². The zero-order valence-electron chi connectivity index (χ0n) is 24.0. The van der Waals surface area contributed by atoms with E-state index in [4.69, 9.17) is 14.8 Å².